The van der Waals surface area contributed by atoms with Gasteiger partial charge in [0.2, 0.25) is 0 Å². The minimum atomic E-state index is -0.591. The van der Waals surface area contributed by atoms with Crippen molar-refractivity contribution in [3.8, 4) is 0 Å². The van der Waals surface area contributed by atoms with Crippen molar-refractivity contribution in [3.05, 3.63) is 12.7 Å². The van der Waals surface area contributed by atoms with Crippen LogP contribution in [-0.2, 0) is 9.47 Å². The van der Waals surface area contributed by atoms with E-state index in [2.05, 4.69) is 6.58 Å². The summed E-state index contributed by atoms with van der Waals surface area (Å²) < 4.78 is 10.0. The summed E-state index contributed by atoms with van der Waals surface area (Å²) in [5.74, 6) is 0. The van der Waals surface area contributed by atoms with Gasteiger partial charge in [-0.15, -0.1) is 0 Å². The van der Waals surface area contributed by atoms with E-state index in [0.29, 0.717) is 6.42 Å². The lowest BCUT2D eigenvalue weighted by Gasteiger charge is -2.24. The van der Waals surface area contributed by atoms with Gasteiger partial charge >= 0.3 is 6.16 Å². The number of rotatable bonds is 3. The van der Waals surface area contributed by atoms with Crippen molar-refractivity contribution in [1.82, 2.24) is 0 Å². The van der Waals surface area contributed by atoms with E-state index < -0.39 is 11.8 Å². The summed E-state index contributed by atoms with van der Waals surface area (Å²) in [4.78, 5) is 10.9. The fraction of sp³-hybridized carbons (Fsp3) is 0.667. The highest BCUT2D eigenvalue weighted by atomic mass is 16.8. The van der Waals surface area contributed by atoms with Crippen molar-refractivity contribution in [2.75, 3.05) is 0 Å². The van der Waals surface area contributed by atoms with E-state index in [-0.39, 0.29) is 6.10 Å². The van der Waals surface area contributed by atoms with Crippen molar-refractivity contribution < 1.29 is 14.3 Å². The number of ether oxygens (including phenoxy) is 2. The largest absolute Gasteiger partial charge is 0.509 e. The molecular weight excluding hydrogens is 156 g/mol. The maximum Gasteiger partial charge on any atom is 0.509 e. The molecule has 0 bridgehead atoms. The van der Waals surface area contributed by atoms with Gasteiger partial charge in [0, 0.05) is 0 Å². The zero-order chi connectivity index (χ0) is 9.19. The predicted octanol–water partition coefficient (Wildman–Crippen LogP) is 2.27. The Kier molecular flexibility index (Phi) is 2.40. The highest BCUT2D eigenvalue weighted by Gasteiger charge is 2.46. The predicted molar refractivity (Wildman–Crippen MR) is 44.9 cm³/mol. The number of hydrogen-bond donors (Lipinski definition) is 0. The first-order valence-corrected chi connectivity index (χ1v) is 4.21. The summed E-state index contributed by atoms with van der Waals surface area (Å²) in [6, 6.07) is 0. The third-order valence-electron chi connectivity index (χ3n) is 2.33. The maximum absolute atomic E-state index is 10.9. The molecule has 12 heavy (non-hydrogen) atoms. The first-order valence-electron chi connectivity index (χ1n) is 4.21. The molecule has 0 saturated carbocycles. The quantitative estimate of drug-likeness (QED) is 0.481. The highest BCUT2D eigenvalue weighted by molar-refractivity contribution is 5.64. The Morgan fingerprint density at radius 1 is 1.67 bits per heavy atom. The van der Waals surface area contributed by atoms with Gasteiger partial charge in [-0.25, -0.2) is 4.79 Å². The first kappa shape index (κ1) is 9.10. The first-order chi connectivity index (χ1) is 5.68. The molecule has 0 aromatic rings. The van der Waals surface area contributed by atoms with Crippen LogP contribution in [0.1, 0.15) is 26.7 Å². The lowest BCUT2D eigenvalue weighted by molar-refractivity contribution is 0.0691. The normalized spacial score (nSPS) is 34.2. The second-order valence-corrected chi connectivity index (χ2v) is 2.88. The molecule has 1 aliphatic rings. The Morgan fingerprint density at radius 2 is 2.33 bits per heavy atom. The Hall–Kier alpha value is -0.990. The molecule has 1 rings (SSSR count). The standard InChI is InChI=1S/C9H14O3/c1-4-7-9(5-2,6-3)12-8(10)11-7/h5,7H,2,4,6H2,1,3H3. The molecule has 0 spiro atoms. The number of carbonyl (C=O) groups excluding carboxylic acids is 1. The van der Waals surface area contributed by atoms with Gasteiger partial charge in [0.15, 0.2) is 5.60 Å². The van der Waals surface area contributed by atoms with Crippen LogP contribution in [0.25, 0.3) is 0 Å². The van der Waals surface area contributed by atoms with Crippen LogP contribution in [0.15, 0.2) is 12.7 Å². The summed E-state index contributed by atoms with van der Waals surface area (Å²) in [6.45, 7) is 7.57. The molecule has 3 nitrogen and oxygen atoms in total. The van der Waals surface area contributed by atoms with Crippen LogP contribution < -0.4 is 0 Å². The molecule has 2 atom stereocenters. The lowest BCUT2D eigenvalue weighted by atomic mass is 9.92. The molecular formula is C9H14O3. The highest BCUT2D eigenvalue weighted by Crippen LogP contribution is 2.33. The Labute approximate surface area is 72.4 Å². The van der Waals surface area contributed by atoms with Gasteiger partial charge in [0.1, 0.15) is 6.10 Å². The van der Waals surface area contributed by atoms with Crippen molar-refractivity contribution in [2.24, 2.45) is 0 Å². The summed E-state index contributed by atoms with van der Waals surface area (Å²) in [5, 5.41) is 0. The molecule has 1 fully saturated rings. The fourth-order valence-electron chi connectivity index (χ4n) is 1.51. The number of cyclic esters (lactones) is 2. The summed E-state index contributed by atoms with van der Waals surface area (Å²) in [6.07, 6.45) is 2.37. The van der Waals surface area contributed by atoms with Gasteiger partial charge in [-0.2, -0.15) is 0 Å². The molecule has 3 heteroatoms. The Morgan fingerprint density at radius 3 is 2.67 bits per heavy atom. The van der Waals surface area contributed by atoms with E-state index in [9.17, 15) is 4.79 Å². The van der Waals surface area contributed by atoms with Crippen LogP contribution in [0.4, 0.5) is 4.79 Å². The van der Waals surface area contributed by atoms with Crippen molar-refractivity contribution in [2.45, 2.75) is 38.4 Å². The third-order valence-corrected chi connectivity index (χ3v) is 2.33. The third kappa shape index (κ3) is 1.19. The van der Waals surface area contributed by atoms with Crippen LogP contribution in [0, 0.1) is 0 Å². The monoisotopic (exact) mass is 170 g/mol. The molecule has 68 valence electrons. The van der Waals surface area contributed by atoms with Crippen molar-refractivity contribution in [3.63, 3.8) is 0 Å². The van der Waals surface area contributed by atoms with Gasteiger partial charge < -0.3 is 9.47 Å². The van der Waals surface area contributed by atoms with Crippen LogP contribution >= 0.6 is 0 Å². The molecule has 0 amide bonds. The summed E-state index contributed by atoms with van der Waals surface area (Å²) in [5.41, 5.74) is -0.591. The molecule has 1 heterocycles. The lowest BCUT2D eigenvalue weighted by Crippen LogP contribution is -2.36. The Bertz CT molecular complexity index is 200. The van der Waals surface area contributed by atoms with E-state index in [4.69, 9.17) is 9.47 Å². The average Bonchev–Trinajstić information content (AvgIpc) is 2.42. The molecule has 0 radical (unpaired) electrons. The van der Waals surface area contributed by atoms with E-state index in [1.165, 1.54) is 0 Å². The van der Waals surface area contributed by atoms with E-state index in [1.54, 1.807) is 6.08 Å². The van der Waals surface area contributed by atoms with Gasteiger partial charge in [0.05, 0.1) is 0 Å². The number of hydrogen-bond acceptors (Lipinski definition) is 3. The zero-order valence-corrected chi connectivity index (χ0v) is 7.50. The van der Waals surface area contributed by atoms with Crippen LogP contribution in [0.2, 0.25) is 0 Å². The van der Waals surface area contributed by atoms with Crippen LogP contribution in [0.3, 0.4) is 0 Å². The van der Waals surface area contributed by atoms with Crippen molar-refractivity contribution in [1.29, 1.82) is 0 Å². The summed E-state index contributed by atoms with van der Waals surface area (Å²) in [7, 11) is 0. The molecule has 1 saturated heterocycles. The molecule has 0 aliphatic carbocycles. The Balaban J connectivity index is 2.85. The molecule has 0 aromatic carbocycles. The molecule has 2 unspecified atom stereocenters. The smallest absolute Gasteiger partial charge is 0.426 e. The molecule has 0 N–H and O–H groups in total. The average molecular weight is 170 g/mol. The SMILES string of the molecule is C=CC1(CC)OC(=O)OC1CC. The van der Waals surface area contributed by atoms with Gasteiger partial charge in [-0.1, -0.05) is 20.4 Å². The topological polar surface area (TPSA) is 35.5 Å². The molecule has 0 aromatic heterocycles. The van der Waals surface area contributed by atoms with E-state index >= 15 is 0 Å². The maximum atomic E-state index is 10.9. The van der Waals surface area contributed by atoms with Crippen LogP contribution in [-0.4, -0.2) is 17.9 Å². The van der Waals surface area contributed by atoms with Crippen LogP contribution in [0.5, 0.6) is 0 Å². The van der Waals surface area contributed by atoms with Gasteiger partial charge in [0.25, 0.3) is 0 Å². The van der Waals surface area contributed by atoms with Gasteiger partial charge in [-0.3, -0.25) is 0 Å². The minimum Gasteiger partial charge on any atom is -0.426 e. The van der Waals surface area contributed by atoms with E-state index in [0.717, 1.165) is 6.42 Å². The van der Waals surface area contributed by atoms with E-state index in [1.807, 2.05) is 13.8 Å². The second-order valence-electron chi connectivity index (χ2n) is 2.88. The zero-order valence-electron chi connectivity index (χ0n) is 7.50. The minimum absolute atomic E-state index is 0.174. The fourth-order valence-corrected chi connectivity index (χ4v) is 1.51. The molecule has 1 aliphatic heterocycles. The number of carbonyl (C=O) groups is 1. The van der Waals surface area contributed by atoms with Gasteiger partial charge in [-0.05, 0) is 18.9 Å². The second kappa shape index (κ2) is 3.17. The van der Waals surface area contributed by atoms with Crippen molar-refractivity contribution >= 4 is 6.16 Å². The summed E-state index contributed by atoms with van der Waals surface area (Å²) >= 11 is 0.